The van der Waals surface area contributed by atoms with Crippen molar-refractivity contribution in [2.75, 3.05) is 0 Å². The topological polar surface area (TPSA) is 51.2 Å². The van der Waals surface area contributed by atoms with Gasteiger partial charge in [0.05, 0.1) is 25.0 Å². The first-order chi connectivity index (χ1) is 7.66. The summed E-state index contributed by atoms with van der Waals surface area (Å²) in [5.74, 6) is 2.50. The summed E-state index contributed by atoms with van der Waals surface area (Å²) >= 11 is 0. The van der Waals surface area contributed by atoms with Crippen LogP contribution in [0, 0.1) is 13.8 Å². The smallest absolute Gasteiger partial charge is 0.211 e. The first-order valence-electron chi connectivity index (χ1n) is 5.35. The molecule has 4 heteroatoms. The highest BCUT2D eigenvalue weighted by Crippen LogP contribution is 2.14. The Bertz CT molecular complexity index is 459. The third-order valence-electron chi connectivity index (χ3n) is 2.55. The van der Waals surface area contributed by atoms with Crippen LogP contribution in [0.15, 0.2) is 27.4 Å². The van der Waals surface area contributed by atoms with Gasteiger partial charge in [-0.05, 0) is 32.4 Å². The number of aromatic nitrogens is 1. The van der Waals surface area contributed by atoms with Crippen molar-refractivity contribution >= 4 is 0 Å². The van der Waals surface area contributed by atoms with Gasteiger partial charge in [0.2, 0.25) is 5.89 Å². The van der Waals surface area contributed by atoms with Gasteiger partial charge in [0, 0.05) is 0 Å². The Morgan fingerprint density at radius 2 is 2.25 bits per heavy atom. The molecule has 1 unspecified atom stereocenters. The molecule has 2 aromatic heterocycles. The third-order valence-corrected chi connectivity index (χ3v) is 2.55. The largest absolute Gasteiger partial charge is 0.468 e. The fourth-order valence-electron chi connectivity index (χ4n) is 1.49. The Kier molecular flexibility index (Phi) is 3.10. The second kappa shape index (κ2) is 4.53. The summed E-state index contributed by atoms with van der Waals surface area (Å²) in [5, 5.41) is 3.31. The second-order valence-corrected chi connectivity index (χ2v) is 3.94. The lowest BCUT2D eigenvalue weighted by atomic mass is 10.2. The third kappa shape index (κ3) is 2.33. The number of aryl methyl sites for hydroxylation is 2. The minimum atomic E-state index is 0.0817. The summed E-state index contributed by atoms with van der Waals surface area (Å²) in [6.45, 7) is 6.62. The van der Waals surface area contributed by atoms with E-state index in [-0.39, 0.29) is 6.04 Å². The van der Waals surface area contributed by atoms with Crippen molar-refractivity contribution in [2.45, 2.75) is 33.4 Å². The molecule has 0 aliphatic heterocycles. The molecule has 0 amide bonds. The zero-order chi connectivity index (χ0) is 11.5. The Morgan fingerprint density at radius 3 is 2.81 bits per heavy atom. The van der Waals surface area contributed by atoms with Crippen LogP contribution in [-0.2, 0) is 6.54 Å². The van der Waals surface area contributed by atoms with Gasteiger partial charge in [0.1, 0.15) is 11.5 Å². The molecular formula is C12H16N2O2. The summed E-state index contributed by atoms with van der Waals surface area (Å²) in [7, 11) is 0. The maximum Gasteiger partial charge on any atom is 0.211 e. The van der Waals surface area contributed by atoms with Gasteiger partial charge in [-0.15, -0.1) is 0 Å². The van der Waals surface area contributed by atoms with Crippen molar-refractivity contribution in [3.8, 4) is 0 Å². The van der Waals surface area contributed by atoms with Crippen LogP contribution in [0.2, 0.25) is 0 Å². The predicted octanol–water partition coefficient (Wildman–Crippen LogP) is 2.74. The van der Waals surface area contributed by atoms with Gasteiger partial charge in [0.15, 0.2) is 0 Å². The van der Waals surface area contributed by atoms with E-state index in [4.69, 9.17) is 8.83 Å². The molecule has 0 aliphatic rings. The van der Waals surface area contributed by atoms with Crippen LogP contribution in [0.5, 0.6) is 0 Å². The molecule has 4 nitrogen and oxygen atoms in total. The zero-order valence-electron chi connectivity index (χ0n) is 9.78. The van der Waals surface area contributed by atoms with Gasteiger partial charge in [-0.2, -0.15) is 0 Å². The fourth-order valence-corrected chi connectivity index (χ4v) is 1.49. The summed E-state index contributed by atoms with van der Waals surface area (Å²) in [4.78, 5) is 4.18. The molecule has 1 atom stereocenters. The predicted molar refractivity (Wildman–Crippen MR) is 59.9 cm³/mol. The number of furan rings is 1. The molecule has 16 heavy (non-hydrogen) atoms. The number of nitrogens with zero attached hydrogens (tertiary/aromatic N) is 1. The SMILES string of the molecule is Cc1cnc(C(C)NCc2occc2C)o1. The van der Waals surface area contributed by atoms with E-state index in [1.54, 1.807) is 12.5 Å². The summed E-state index contributed by atoms with van der Waals surface area (Å²) in [6.07, 6.45) is 3.43. The lowest BCUT2D eigenvalue weighted by Crippen LogP contribution is -2.18. The molecule has 86 valence electrons. The van der Waals surface area contributed by atoms with Crippen LogP contribution < -0.4 is 5.32 Å². The number of hydrogen-bond acceptors (Lipinski definition) is 4. The molecule has 0 aliphatic carbocycles. The molecule has 0 bridgehead atoms. The average Bonchev–Trinajstić information content (AvgIpc) is 2.84. The molecule has 0 radical (unpaired) electrons. The van der Waals surface area contributed by atoms with E-state index in [0.717, 1.165) is 17.1 Å². The summed E-state index contributed by atoms with van der Waals surface area (Å²) < 4.78 is 10.8. The zero-order valence-corrected chi connectivity index (χ0v) is 9.78. The van der Waals surface area contributed by atoms with E-state index < -0.39 is 0 Å². The lowest BCUT2D eigenvalue weighted by Gasteiger charge is -2.08. The molecule has 1 N–H and O–H groups in total. The van der Waals surface area contributed by atoms with Crippen molar-refractivity contribution < 1.29 is 8.83 Å². The molecule has 0 aromatic carbocycles. The summed E-state index contributed by atoms with van der Waals surface area (Å²) in [6, 6.07) is 2.04. The highest BCUT2D eigenvalue weighted by Gasteiger charge is 2.11. The van der Waals surface area contributed by atoms with E-state index in [1.165, 1.54) is 0 Å². The van der Waals surface area contributed by atoms with Gasteiger partial charge >= 0.3 is 0 Å². The standard InChI is InChI=1S/C12H16N2O2/c1-8-4-5-15-11(8)7-13-10(3)12-14-6-9(2)16-12/h4-6,10,13H,7H2,1-3H3. The van der Waals surface area contributed by atoms with E-state index in [2.05, 4.69) is 10.3 Å². The molecule has 2 aromatic rings. The van der Waals surface area contributed by atoms with E-state index >= 15 is 0 Å². The van der Waals surface area contributed by atoms with Gasteiger partial charge in [-0.1, -0.05) is 0 Å². The first-order valence-corrected chi connectivity index (χ1v) is 5.35. The first kappa shape index (κ1) is 11.0. The van der Waals surface area contributed by atoms with Gasteiger partial charge in [-0.3, -0.25) is 5.32 Å². The Balaban J connectivity index is 1.93. The number of rotatable bonds is 4. The minimum Gasteiger partial charge on any atom is -0.468 e. The van der Waals surface area contributed by atoms with Crippen LogP contribution in [-0.4, -0.2) is 4.98 Å². The quantitative estimate of drug-likeness (QED) is 0.860. The molecule has 2 rings (SSSR count). The van der Waals surface area contributed by atoms with Crippen LogP contribution in [0.25, 0.3) is 0 Å². The van der Waals surface area contributed by atoms with E-state index in [9.17, 15) is 0 Å². The van der Waals surface area contributed by atoms with Crippen molar-refractivity contribution in [3.05, 3.63) is 41.5 Å². The highest BCUT2D eigenvalue weighted by atomic mass is 16.4. The molecule has 0 saturated carbocycles. The van der Waals surface area contributed by atoms with Crippen LogP contribution in [0.3, 0.4) is 0 Å². The van der Waals surface area contributed by atoms with Gasteiger partial charge < -0.3 is 8.83 Å². The van der Waals surface area contributed by atoms with E-state index in [1.807, 2.05) is 26.8 Å². The Hall–Kier alpha value is -1.55. The van der Waals surface area contributed by atoms with Crippen molar-refractivity contribution in [3.63, 3.8) is 0 Å². The van der Waals surface area contributed by atoms with Gasteiger partial charge in [-0.25, -0.2) is 4.98 Å². The number of oxazole rings is 1. The van der Waals surface area contributed by atoms with Crippen molar-refractivity contribution in [1.29, 1.82) is 0 Å². The average molecular weight is 220 g/mol. The van der Waals surface area contributed by atoms with Crippen LogP contribution >= 0.6 is 0 Å². The maximum atomic E-state index is 5.44. The Labute approximate surface area is 94.7 Å². The lowest BCUT2D eigenvalue weighted by molar-refractivity contribution is 0.386. The normalized spacial score (nSPS) is 12.9. The van der Waals surface area contributed by atoms with E-state index in [0.29, 0.717) is 12.4 Å². The molecule has 2 heterocycles. The number of nitrogens with one attached hydrogen (secondary N) is 1. The van der Waals surface area contributed by atoms with Crippen molar-refractivity contribution in [1.82, 2.24) is 10.3 Å². The molecule has 0 fully saturated rings. The Morgan fingerprint density at radius 1 is 1.44 bits per heavy atom. The maximum absolute atomic E-state index is 5.44. The highest BCUT2D eigenvalue weighted by molar-refractivity contribution is 5.14. The summed E-state index contributed by atoms with van der Waals surface area (Å²) in [5.41, 5.74) is 1.16. The second-order valence-electron chi connectivity index (χ2n) is 3.94. The fraction of sp³-hybridized carbons (Fsp3) is 0.417. The van der Waals surface area contributed by atoms with Gasteiger partial charge in [0.25, 0.3) is 0 Å². The molecule has 0 spiro atoms. The molecular weight excluding hydrogens is 204 g/mol. The molecule has 0 saturated heterocycles. The minimum absolute atomic E-state index is 0.0817. The monoisotopic (exact) mass is 220 g/mol. The van der Waals surface area contributed by atoms with Crippen molar-refractivity contribution in [2.24, 2.45) is 0 Å². The van der Waals surface area contributed by atoms with Crippen LogP contribution in [0.1, 0.15) is 35.9 Å². The van der Waals surface area contributed by atoms with Crippen LogP contribution in [0.4, 0.5) is 0 Å². The number of hydrogen-bond donors (Lipinski definition) is 1.